The predicted octanol–water partition coefficient (Wildman–Crippen LogP) is 4.71. The summed E-state index contributed by atoms with van der Waals surface area (Å²) in [6.07, 6.45) is -1.82. The van der Waals surface area contributed by atoms with Crippen molar-refractivity contribution in [1.29, 1.82) is 0 Å². The zero-order valence-electron chi connectivity index (χ0n) is 17.6. The number of amides is 1. The molecule has 7 nitrogen and oxygen atoms in total. The van der Waals surface area contributed by atoms with Gasteiger partial charge in [-0.1, -0.05) is 48.5 Å². The van der Waals surface area contributed by atoms with Crippen LogP contribution in [-0.2, 0) is 19.0 Å². The van der Waals surface area contributed by atoms with E-state index in [2.05, 4.69) is 17.9 Å². The monoisotopic (exact) mass is 455 g/mol. The van der Waals surface area contributed by atoms with Crippen LogP contribution in [0.2, 0.25) is 0 Å². The Balaban J connectivity index is 1.91. The Labute approximate surface area is 191 Å². The highest BCUT2D eigenvalue weighted by Gasteiger charge is 2.29. The second-order valence-electron chi connectivity index (χ2n) is 6.98. The molecule has 0 radical (unpaired) electrons. The molecule has 168 valence electrons. The number of anilines is 1. The maximum atomic E-state index is 12.7. The average molecular weight is 456 g/mol. The minimum atomic E-state index is -0.830. The van der Waals surface area contributed by atoms with Crippen molar-refractivity contribution < 1.29 is 28.9 Å². The van der Waals surface area contributed by atoms with Crippen LogP contribution in [0, 0.1) is 0 Å². The van der Waals surface area contributed by atoms with E-state index in [0.717, 1.165) is 5.39 Å². The highest BCUT2D eigenvalue weighted by molar-refractivity contribution is 7.81. The highest BCUT2D eigenvalue weighted by atomic mass is 32.1. The quantitative estimate of drug-likeness (QED) is 0.320. The Morgan fingerprint density at radius 1 is 1.00 bits per heavy atom. The summed E-state index contributed by atoms with van der Waals surface area (Å²) in [5.41, 5.74) is 1.25. The average Bonchev–Trinajstić information content (AvgIpc) is 2.82. The molecule has 8 heteroatoms. The molecule has 0 aromatic heterocycles. The smallest absolute Gasteiger partial charge is 0.412 e. The van der Waals surface area contributed by atoms with Crippen LogP contribution in [-0.4, -0.2) is 42.7 Å². The van der Waals surface area contributed by atoms with Gasteiger partial charge in [-0.2, -0.15) is 12.6 Å². The Hall–Kier alpha value is -3.23. The third kappa shape index (κ3) is 5.93. The third-order valence-electron chi connectivity index (χ3n) is 4.93. The zero-order valence-corrected chi connectivity index (χ0v) is 18.5. The van der Waals surface area contributed by atoms with Crippen molar-refractivity contribution in [2.75, 3.05) is 24.8 Å². The fourth-order valence-electron chi connectivity index (χ4n) is 3.41. The number of carbonyl (C=O) groups excluding carboxylic acids is 2. The normalized spacial score (nSPS) is 12.7. The Morgan fingerprint density at radius 3 is 2.38 bits per heavy atom. The number of methoxy groups -OCH3 is 1. The lowest BCUT2D eigenvalue weighted by Gasteiger charge is -2.27. The first-order chi connectivity index (χ1) is 15.5. The summed E-state index contributed by atoms with van der Waals surface area (Å²) in [4.78, 5) is 24.2. The SMILES string of the molecule is CO[C@H](CCOC(=O)CS)[C@H](OC(=O)Nc1ccccc1)c1ccc(O)c2ccccc12. The molecule has 3 aromatic rings. The molecular formula is C24H25NO6S. The molecule has 3 rings (SSSR count). The van der Waals surface area contributed by atoms with Gasteiger partial charge in [-0.05, 0) is 23.6 Å². The number of benzene rings is 3. The van der Waals surface area contributed by atoms with Crippen molar-refractivity contribution >= 4 is 41.2 Å². The van der Waals surface area contributed by atoms with Crippen molar-refractivity contribution in [3.05, 3.63) is 72.3 Å². The number of phenols is 1. The van der Waals surface area contributed by atoms with Crippen LogP contribution in [0.15, 0.2) is 66.7 Å². The number of para-hydroxylation sites is 1. The van der Waals surface area contributed by atoms with E-state index in [4.69, 9.17) is 14.2 Å². The second kappa shape index (κ2) is 11.4. The van der Waals surface area contributed by atoms with Crippen LogP contribution in [0.25, 0.3) is 10.8 Å². The number of hydrogen-bond donors (Lipinski definition) is 3. The van der Waals surface area contributed by atoms with Gasteiger partial charge in [0.15, 0.2) is 6.10 Å². The number of carbonyl (C=O) groups is 2. The van der Waals surface area contributed by atoms with Gasteiger partial charge in [0.05, 0.1) is 12.4 Å². The minimum absolute atomic E-state index is 0.0281. The minimum Gasteiger partial charge on any atom is -0.507 e. The third-order valence-corrected chi connectivity index (χ3v) is 5.19. The first-order valence-electron chi connectivity index (χ1n) is 10.1. The molecule has 0 unspecified atom stereocenters. The molecule has 0 aliphatic heterocycles. The van der Waals surface area contributed by atoms with Crippen molar-refractivity contribution in [1.82, 2.24) is 0 Å². The van der Waals surface area contributed by atoms with E-state index in [0.29, 0.717) is 16.6 Å². The van der Waals surface area contributed by atoms with Crippen LogP contribution in [0.5, 0.6) is 5.75 Å². The van der Waals surface area contributed by atoms with Crippen LogP contribution in [0.1, 0.15) is 18.1 Å². The Morgan fingerprint density at radius 2 is 1.69 bits per heavy atom. The van der Waals surface area contributed by atoms with Crippen LogP contribution >= 0.6 is 12.6 Å². The van der Waals surface area contributed by atoms with E-state index < -0.39 is 24.3 Å². The summed E-state index contributed by atoms with van der Waals surface area (Å²) >= 11 is 3.90. The fraction of sp³-hybridized carbons (Fsp3) is 0.250. The summed E-state index contributed by atoms with van der Waals surface area (Å²) in [6.45, 7) is 0.0775. The number of esters is 1. The molecule has 3 aromatic carbocycles. The Kier molecular flexibility index (Phi) is 8.35. The lowest BCUT2D eigenvalue weighted by atomic mass is 9.95. The first-order valence-corrected chi connectivity index (χ1v) is 10.7. The summed E-state index contributed by atoms with van der Waals surface area (Å²) < 4.78 is 16.6. The molecular weight excluding hydrogens is 430 g/mol. The topological polar surface area (TPSA) is 94.1 Å². The van der Waals surface area contributed by atoms with E-state index >= 15 is 0 Å². The number of phenolic OH excluding ortho intramolecular Hbond substituents is 1. The molecule has 2 N–H and O–H groups in total. The van der Waals surface area contributed by atoms with E-state index in [-0.39, 0.29) is 24.5 Å². The number of thiol groups is 1. The molecule has 0 heterocycles. The molecule has 1 amide bonds. The number of aromatic hydroxyl groups is 1. The number of fused-ring (bicyclic) bond motifs is 1. The zero-order chi connectivity index (χ0) is 22.9. The number of ether oxygens (including phenoxy) is 3. The largest absolute Gasteiger partial charge is 0.507 e. The molecule has 0 aliphatic rings. The van der Waals surface area contributed by atoms with Crippen LogP contribution < -0.4 is 5.32 Å². The maximum Gasteiger partial charge on any atom is 0.412 e. The van der Waals surface area contributed by atoms with E-state index in [1.165, 1.54) is 7.11 Å². The molecule has 0 spiro atoms. The lowest BCUT2D eigenvalue weighted by Crippen LogP contribution is -2.29. The molecule has 0 saturated heterocycles. The van der Waals surface area contributed by atoms with Gasteiger partial charge in [-0.25, -0.2) is 4.79 Å². The molecule has 0 aliphatic carbocycles. The van der Waals surface area contributed by atoms with Crippen molar-refractivity contribution in [3.63, 3.8) is 0 Å². The van der Waals surface area contributed by atoms with Gasteiger partial charge >= 0.3 is 12.1 Å². The molecule has 0 bridgehead atoms. The number of rotatable bonds is 9. The molecule has 0 saturated carbocycles. The van der Waals surface area contributed by atoms with Crippen molar-refractivity contribution in [3.8, 4) is 5.75 Å². The fourth-order valence-corrected chi connectivity index (χ4v) is 3.50. The summed E-state index contributed by atoms with van der Waals surface area (Å²) in [5, 5.41) is 14.3. The van der Waals surface area contributed by atoms with E-state index in [9.17, 15) is 14.7 Å². The first kappa shape index (κ1) is 23.4. The molecule has 2 atom stereocenters. The van der Waals surface area contributed by atoms with Gasteiger partial charge in [0, 0.05) is 30.2 Å². The number of nitrogens with one attached hydrogen (secondary N) is 1. The molecule has 0 fully saturated rings. The highest BCUT2D eigenvalue weighted by Crippen LogP contribution is 2.35. The van der Waals surface area contributed by atoms with Crippen LogP contribution in [0.4, 0.5) is 10.5 Å². The Bertz CT molecular complexity index is 1060. The van der Waals surface area contributed by atoms with Gasteiger partial charge in [-0.3, -0.25) is 10.1 Å². The lowest BCUT2D eigenvalue weighted by molar-refractivity contribution is -0.141. The van der Waals surface area contributed by atoms with Gasteiger partial charge < -0.3 is 19.3 Å². The predicted molar refractivity (Wildman–Crippen MR) is 125 cm³/mol. The van der Waals surface area contributed by atoms with E-state index in [1.54, 1.807) is 42.5 Å². The van der Waals surface area contributed by atoms with Gasteiger partial charge in [0.2, 0.25) is 0 Å². The van der Waals surface area contributed by atoms with Crippen molar-refractivity contribution in [2.24, 2.45) is 0 Å². The maximum absolute atomic E-state index is 12.7. The standard InChI is InChI=1S/C24H25NO6S/c1-29-21(13-14-30-22(27)15-32)23(31-24(28)25-16-7-3-2-4-8-16)19-11-12-20(26)18-10-6-5-9-17(18)19/h2-12,21,23,26,32H,13-15H2,1H3,(H,25,28)/t21-,23-/m1/s1. The van der Waals surface area contributed by atoms with Crippen LogP contribution in [0.3, 0.4) is 0 Å². The summed E-state index contributed by atoms with van der Waals surface area (Å²) in [7, 11) is 1.50. The van der Waals surface area contributed by atoms with Gasteiger partial charge in [0.25, 0.3) is 0 Å². The van der Waals surface area contributed by atoms with Gasteiger partial charge in [-0.15, -0.1) is 0 Å². The molecule has 32 heavy (non-hydrogen) atoms. The van der Waals surface area contributed by atoms with E-state index in [1.807, 2.05) is 24.3 Å². The summed E-state index contributed by atoms with van der Waals surface area (Å²) in [6, 6.07) is 19.5. The van der Waals surface area contributed by atoms with Gasteiger partial charge in [0.1, 0.15) is 11.9 Å². The summed E-state index contributed by atoms with van der Waals surface area (Å²) in [5.74, 6) is -0.356. The second-order valence-corrected chi connectivity index (χ2v) is 7.29. The van der Waals surface area contributed by atoms with Crippen molar-refractivity contribution in [2.45, 2.75) is 18.6 Å². The number of hydrogen-bond acceptors (Lipinski definition) is 7.